The standard InChI is InChI=1S/C12H19N5O2/c1-3-4-14-10(9-19-2)8-17-12(18)16-6-5-13-7-11(16)15-17/h5-7,10,14H,3-4,8-9H2,1-2H3. The van der Waals surface area contributed by atoms with Crippen LogP contribution < -0.4 is 11.0 Å². The summed E-state index contributed by atoms with van der Waals surface area (Å²) in [6, 6.07) is 0.0699. The Morgan fingerprint density at radius 1 is 1.53 bits per heavy atom. The maximum absolute atomic E-state index is 12.1. The monoisotopic (exact) mass is 265 g/mol. The van der Waals surface area contributed by atoms with Gasteiger partial charge in [-0.1, -0.05) is 6.92 Å². The molecule has 104 valence electrons. The number of rotatable bonds is 7. The van der Waals surface area contributed by atoms with Gasteiger partial charge in [-0.05, 0) is 13.0 Å². The maximum atomic E-state index is 12.1. The molecule has 2 heterocycles. The second-order valence-electron chi connectivity index (χ2n) is 4.38. The average Bonchev–Trinajstić information content (AvgIpc) is 2.74. The molecule has 0 amide bonds. The fraction of sp³-hybridized carbons (Fsp3) is 0.583. The van der Waals surface area contributed by atoms with E-state index in [9.17, 15) is 4.79 Å². The largest absolute Gasteiger partial charge is 0.383 e. The van der Waals surface area contributed by atoms with Crippen molar-refractivity contribution < 1.29 is 4.74 Å². The second kappa shape index (κ2) is 6.44. The molecule has 2 rings (SSSR count). The van der Waals surface area contributed by atoms with Gasteiger partial charge in [-0.25, -0.2) is 13.9 Å². The zero-order chi connectivity index (χ0) is 13.7. The van der Waals surface area contributed by atoms with Crippen molar-refractivity contribution in [3.8, 4) is 0 Å². The van der Waals surface area contributed by atoms with E-state index in [1.165, 1.54) is 9.08 Å². The molecule has 19 heavy (non-hydrogen) atoms. The fourth-order valence-electron chi connectivity index (χ4n) is 1.93. The molecule has 0 aliphatic heterocycles. The number of aromatic nitrogens is 4. The first-order valence-electron chi connectivity index (χ1n) is 6.37. The molecule has 0 saturated heterocycles. The van der Waals surface area contributed by atoms with Crippen molar-refractivity contribution in [3.63, 3.8) is 0 Å². The highest BCUT2D eigenvalue weighted by Gasteiger charge is 2.13. The Morgan fingerprint density at radius 3 is 3.05 bits per heavy atom. The van der Waals surface area contributed by atoms with Gasteiger partial charge in [-0.2, -0.15) is 0 Å². The summed E-state index contributed by atoms with van der Waals surface area (Å²) in [5.74, 6) is 0. The Labute approximate surface area is 111 Å². The summed E-state index contributed by atoms with van der Waals surface area (Å²) in [4.78, 5) is 16.1. The smallest absolute Gasteiger partial charge is 0.350 e. The van der Waals surface area contributed by atoms with Gasteiger partial charge in [0.15, 0.2) is 5.65 Å². The number of ether oxygens (including phenoxy) is 1. The van der Waals surface area contributed by atoms with Crippen molar-refractivity contribution in [1.29, 1.82) is 0 Å². The zero-order valence-corrected chi connectivity index (χ0v) is 11.2. The van der Waals surface area contributed by atoms with Gasteiger partial charge < -0.3 is 10.1 Å². The van der Waals surface area contributed by atoms with Crippen LogP contribution in [0.1, 0.15) is 13.3 Å². The first-order chi connectivity index (χ1) is 9.26. The maximum Gasteiger partial charge on any atom is 0.350 e. The molecule has 2 aromatic heterocycles. The molecule has 7 heteroatoms. The van der Waals surface area contributed by atoms with Crippen LogP contribution in [0.25, 0.3) is 5.65 Å². The highest BCUT2D eigenvalue weighted by atomic mass is 16.5. The molecule has 1 atom stereocenters. The van der Waals surface area contributed by atoms with E-state index >= 15 is 0 Å². The van der Waals surface area contributed by atoms with Gasteiger partial charge in [-0.3, -0.25) is 4.98 Å². The van der Waals surface area contributed by atoms with Crippen LogP contribution in [-0.4, -0.2) is 45.5 Å². The molecule has 0 spiro atoms. The van der Waals surface area contributed by atoms with E-state index in [0.29, 0.717) is 18.8 Å². The third kappa shape index (κ3) is 3.18. The van der Waals surface area contributed by atoms with Crippen LogP contribution in [0.2, 0.25) is 0 Å². The predicted octanol–water partition coefficient (Wildman–Crippen LogP) is -0.0944. The SMILES string of the molecule is CCCNC(COC)Cn1nc2cnccn2c1=O. The number of methoxy groups -OCH3 is 1. The van der Waals surface area contributed by atoms with Gasteiger partial charge in [0.1, 0.15) is 0 Å². The van der Waals surface area contributed by atoms with Gasteiger partial charge in [0.25, 0.3) is 0 Å². The number of nitrogens with zero attached hydrogens (tertiary/aromatic N) is 4. The molecule has 0 aliphatic rings. The predicted molar refractivity (Wildman–Crippen MR) is 71.2 cm³/mol. The van der Waals surface area contributed by atoms with Crippen molar-refractivity contribution in [2.45, 2.75) is 25.9 Å². The van der Waals surface area contributed by atoms with Crippen molar-refractivity contribution in [3.05, 3.63) is 29.1 Å². The minimum atomic E-state index is -0.156. The van der Waals surface area contributed by atoms with Gasteiger partial charge in [0.05, 0.1) is 25.4 Å². The minimum Gasteiger partial charge on any atom is -0.383 e. The Morgan fingerprint density at radius 2 is 2.37 bits per heavy atom. The third-order valence-electron chi connectivity index (χ3n) is 2.83. The molecule has 0 saturated carbocycles. The molecule has 0 fully saturated rings. The number of hydrogen-bond acceptors (Lipinski definition) is 5. The van der Waals surface area contributed by atoms with Gasteiger partial charge in [0, 0.05) is 19.5 Å². The van der Waals surface area contributed by atoms with Crippen LogP contribution in [0.5, 0.6) is 0 Å². The Kier molecular flexibility index (Phi) is 4.64. The van der Waals surface area contributed by atoms with E-state index in [0.717, 1.165) is 13.0 Å². The van der Waals surface area contributed by atoms with Crippen LogP contribution in [0.15, 0.2) is 23.4 Å². The van der Waals surface area contributed by atoms with Gasteiger partial charge in [-0.15, -0.1) is 5.10 Å². The molecule has 0 bridgehead atoms. The van der Waals surface area contributed by atoms with Crippen molar-refractivity contribution in [2.75, 3.05) is 20.3 Å². The molecule has 0 aromatic carbocycles. The van der Waals surface area contributed by atoms with E-state index in [1.807, 2.05) is 0 Å². The lowest BCUT2D eigenvalue weighted by atomic mass is 10.3. The highest BCUT2D eigenvalue weighted by molar-refractivity contribution is 5.31. The lowest BCUT2D eigenvalue weighted by Crippen LogP contribution is -2.40. The van der Waals surface area contributed by atoms with Crippen LogP contribution in [0.3, 0.4) is 0 Å². The molecule has 2 aromatic rings. The van der Waals surface area contributed by atoms with Crippen LogP contribution in [-0.2, 0) is 11.3 Å². The molecule has 1 unspecified atom stereocenters. The summed E-state index contributed by atoms with van der Waals surface area (Å²) in [5, 5.41) is 7.59. The topological polar surface area (TPSA) is 73.4 Å². The molecular formula is C12H19N5O2. The Bertz CT molecular complexity index is 577. The van der Waals surface area contributed by atoms with E-state index < -0.39 is 0 Å². The molecule has 7 nitrogen and oxygen atoms in total. The van der Waals surface area contributed by atoms with Crippen LogP contribution >= 0.6 is 0 Å². The summed E-state index contributed by atoms with van der Waals surface area (Å²) < 4.78 is 8.09. The average molecular weight is 265 g/mol. The zero-order valence-electron chi connectivity index (χ0n) is 11.2. The summed E-state index contributed by atoms with van der Waals surface area (Å²) in [5.41, 5.74) is 0.399. The van der Waals surface area contributed by atoms with Gasteiger partial charge >= 0.3 is 5.69 Å². The van der Waals surface area contributed by atoms with Crippen LogP contribution in [0.4, 0.5) is 0 Å². The third-order valence-corrected chi connectivity index (χ3v) is 2.83. The highest BCUT2D eigenvalue weighted by Crippen LogP contribution is 1.95. The Balaban J connectivity index is 2.18. The Hall–Kier alpha value is -1.73. The first kappa shape index (κ1) is 13.7. The van der Waals surface area contributed by atoms with E-state index in [1.54, 1.807) is 25.7 Å². The van der Waals surface area contributed by atoms with E-state index in [4.69, 9.17) is 4.74 Å². The number of nitrogens with one attached hydrogen (secondary N) is 1. The molecule has 0 radical (unpaired) electrons. The number of hydrogen-bond donors (Lipinski definition) is 1. The fourth-order valence-corrected chi connectivity index (χ4v) is 1.93. The summed E-state index contributed by atoms with van der Waals surface area (Å²) in [7, 11) is 1.65. The summed E-state index contributed by atoms with van der Waals surface area (Å²) in [6.07, 6.45) is 5.79. The number of fused-ring (bicyclic) bond motifs is 1. The first-order valence-corrected chi connectivity index (χ1v) is 6.37. The van der Waals surface area contributed by atoms with Gasteiger partial charge in [0.2, 0.25) is 0 Å². The van der Waals surface area contributed by atoms with E-state index in [-0.39, 0.29) is 11.7 Å². The van der Waals surface area contributed by atoms with E-state index in [2.05, 4.69) is 22.3 Å². The molecular weight excluding hydrogens is 246 g/mol. The lowest BCUT2D eigenvalue weighted by Gasteiger charge is -2.16. The molecule has 1 N–H and O–H groups in total. The normalized spacial score (nSPS) is 12.9. The minimum absolute atomic E-state index is 0.0699. The lowest BCUT2D eigenvalue weighted by molar-refractivity contribution is 0.156. The quantitative estimate of drug-likeness (QED) is 0.757. The summed E-state index contributed by atoms with van der Waals surface area (Å²) in [6.45, 7) is 4.00. The summed E-state index contributed by atoms with van der Waals surface area (Å²) >= 11 is 0. The van der Waals surface area contributed by atoms with Crippen LogP contribution in [0, 0.1) is 0 Å². The van der Waals surface area contributed by atoms with Crippen molar-refractivity contribution in [2.24, 2.45) is 0 Å². The van der Waals surface area contributed by atoms with Crippen molar-refractivity contribution in [1.82, 2.24) is 24.5 Å². The van der Waals surface area contributed by atoms with Crippen molar-refractivity contribution >= 4 is 5.65 Å². The molecule has 0 aliphatic carbocycles. The second-order valence-corrected chi connectivity index (χ2v) is 4.38.